The van der Waals surface area contributed by atoms with Gasteiger partial charge in [0.1, 0.15) is 5.82 Å². The van der Waals surface area contributed by atoms with Gasteiger partial charge in [0.25, 0.3) is 5.91 Å². The number of halogens is 1. The molecule has 1 amide bonds. The van der Waals surface area contributed by atoms with Crippen molar-refractivity contribution in [2.75, 3.05) is 6.54 Å². The Labute approximate surface area is 217 Å². The molecule has 2 unspecified atom stereocenters. The molecule has 1 aromatic heterocycles. The molecule has 0 bridgehead atoms. The van der Waals surface area contributed by atoms with Gasteiger partial charge in [-0.25, -0.2) is 9.37 Å². The third kappa shape index (κ3) is 4.15. The van der Waals surface area contributed by atoms with Crippen LogP contribution in [0, 0.1) is 19.7 Å². The highest BCUT2D eigenvalue weighted by Crippen LogP contribution is 2.43. The van der Waals surface area contributed by atoms with Crippen LogP contribution < -0.4 is 0 Å². The third-order valence-electron chi connectivity index (χ3n) is 7.62. The third-order valence-corrected chi connectivity index (χ3v) is 8.04. The summed E-state index contributed by atoms with van der Waals surface area (Å²) in [4.78, 5) is 22.4. The molecule has 2 fully saturated rings. The lowest BCUT2D eigenvalue weighted by molar-refractivity contribution is -0.129. The maximum Gasteiger partial charge on any atom is 0.258 e. The Kier molecular flexibility index (Phi) is 6.29. The number of benzene rings is 2. The normalized spacial score (nSPS) is 22.2. The number of aryl methyl sites for hydroxylation is 2. The van der Waals surface area contributed by atoms with Crippen LogP contribution in [-0.4, -0.2) is 42.5 Å². The van der Waals surface area contributed by atoms with Crippen LogP contribution in [0.1, 0.15) is 61.5 Å². The molecule has 0 aliphatic carbocycles. The number of fused-ring (bicyclic) bond motifs is 1. The molecule has 2 atom stereocenters. The molecule has 186 valence electrons. The van der Waals surface area contributed by atoms with Gasteiger partial charge >= 0.3 is 0 Å². The molecular weight excluding hydrogens is 471 g/mol. The summed E-state index contributed by atoms with van der Waals surface area (Å²) in [6, 6.07) is 12.2. The van der Waals surface area contributed by atoms with Crippen molar-refractivity contribution in [1.82, 2.24) is 19.4 Å². The van der Waals surface area contributed by atoms with E-state index in [0.717, 1.165) is 59.5 Å². The first-order valence-corrected chi connectivity index (χ1v) is 12.8. The van der Waals surface area contributed by atoms with Crippen LogP contribution in [0.4, 0.5) is 4.39 Å². The molecule has 5 rings (SSSR count). The van der Waals surface area contributed by atoms with Crippen LogP contribution in [0.25, 0.3) is 11.8 Å². The molecule has 0 spiro atoms. The van der Waals surface area contributed by atoms with Crippen molar-refractivity contribution in [2.24, 2.45) is 0 Å². The van der Waals surface area contributed by atoms with Crippen molar-refractivity contribution in [1.29, 1.82) is 0 Å². The average Bonchev–Trinajstić information content (AvgIpc) is 3.28. The molecule has 0 saturated carbocycles. The Morgan fingerprint density at radius 1 is 1.14 bits per heavy atom. The summed E-state index contributed by atoms with van der Waals surface area (Å²) >= 11 is 5.91. The summed E-state index contributed by atoms with van der Waals surface area (Å²) in [7, 11) is 0. The van der Waals surface area contributed by atoms with Crippen LogP contribution in [0.5, 0.6) is 0 Å². The van der Waals surface area contributed by atoms with Gasteiger partial charge in [-0.3, -0.25) is 9.69 Å². The fourth-order valence-corrected chi connectivity index (χ4v) is 6.05. The molecule has 2 aliphatic rings. The summed E-state index contributed by atoms with van der Waals surface area (Å²) in [6.07, 6.45) is 8.80. The number of rotatable bonds is 4. The second-order valence-electron chi connectivity index (χ2n) is 10.1. The van der Waals surface area contributed by atoms with Crippen molar-refractivity contribution < 1.29 is 9.18 Å². The minimum absolute atomic E-state index is 0.0792. The van der Waals surface area contributed by atoms with Gasteiger partial charge in [0, 0.05) is 24.0 Å². The lowest BCUT2D eigenvalue weighted by atomic mass is 9.78. The lowest BCUT2D eigenvalue weighted by Crippen LogP contribution is -2.65. The van der Waals surface area contributed by atoms with E-state index >= 15 is 0 Å². The van der Waals surface area contributed by atoms with Crippen molar-refractivity contribution >= 4 is 29.3 Å². The van der Waals surface area contributed by atoms with Crippen molar-refractivity contribution in [3.63, 3.8) is 0 Å². The van der Waals surface area contributed by atoms with Crippen LogP contribution in [0.2, 0.25) is 0 Å². The molecule has 3 aromatic rings. The van der Waals surface area contributed by atoms with E-state index in [1.54, 1.807) is 17.0 Å². The minimum Gasteiger partial charge on any atom is -0.339 e. The molecule has 0 radical (unpaired) electrons. The van der Waals surface area contributed by atoms with E-state index < -0.39 is 5.54 Å². The predicted octanol–water partition coefficient (Wildman–Crippen LogP) is 6.14. The fourth-order valence-electron chi connectivity index (χ4n) is 5.51. The Bertz CT molecular complexity index is 1360. The molecular formula is C29H31FN4OS. The van der Waals surface area contributed by atoms with Crippen molar-refractivity contribution in [3.8, 4) is 5.69 Å². The van der Waals surface area contributed by atoms with Crippen molar-refractivity contribution in [2.45, 2.75) is 58.5 Å². The average molecular weight is 503 g/mol. The van der Waals surface area contributed by atoms with E-state index in [-0.39, 0.29) is 17.8 Å². The van der Waals surface area contributed by atoms with E-state index in [0.29, 0.717) is 5.11 Å². The van der Waals surface area contributed by atoms with Crippen LogP contribution in [-0.2, 0) is 4.79 Å². The van der Waals surface area contributed by atoms with Crippen LogP contribution in [0.15, 0.2) is 60.6 Å². The highest BCUT2D eigenvalue weighted by Gasteiger charge is 2.50. The number of amides is 1. The highest BCUT2D eigenvalue weighted by molar-refractivity contribution is 7.80. The standard InChI is InChI=1S/C29H31FN4OS/c1-19-15-22(7-12-26(19)32-17-20(2)31-18-32)16-25-27(35)34(21(3)23-8-10-24(30)11-9-23)28(36)33-14-6-5-13-29(25,33)4/h7-12,15-18,21H,5-6,13-14H2,1-4H3/b25-16-. The minimum atomic E-state index is -0.459. The number of thiocarbonyl (C=S) groups is 1. The van der Waals surface area contributed by atoms with E-state index in [2.05, 4.69) is 41.9 Å². The Morgan fingerprint density at radius 3 is 2.56 bits per heavy atom. The second kappa shape index (κ2) is 9.28. The summed E-state index contributed by atoms with van der Waals surface area (Å²) in [5.74, 6) is -0.378. The van der Waals surface area contributed by atoms with E-state index in [9.17, 15) is 9.18 Å². The maximum absolute atomic E-state index is 14.1. The molecule has 5 nitrogen and oxygen atoms in total. The van der Waals surface area contributed by atoms with Crippen LogP contribution >= 0.6 is 12.2 Å². The van der Waals surface area contributed by atoms with Gasteiger partial charge in [-0.1, -0.05) is 18.2 Å². The van der Waals surface area contributed by atoms with Gasteiger partial charge < -0.3 is 9.47 Å². The Balaban J connectivity index is 1.56. The van der Waals surface area contributed by atoms with Gasteiger partial charge in [-0.15, -0.1) is 0 Å². The van der Waals surface area contributed by atoms with Gasteiger partial charge in [0.2, 0.25) is 0 Å². The number of hydrogen-bond donors (Lipinski definition) is 0. The second-order valence-corrected chi connectivity index (χ2v) is 10.5. The first-order chi connectivity index (χ1) is 17.2. The molecule has 2 saturated heterocycles. The lowest BCUT2D eigenvalue weighted by Gasteiger charge is -2.54. The number of imidazole rings is 1. The quantitative estimate of drug-likeness (QED) is 0.317. The van der Waals surface area contributed by atoms with E-state index in [4.69, 9.17) is 12.2 Å². The molecule has 0 N–H and O–H groups in total. The van der Waals surface area contributed by atoms with E-state index in [1.165, 1.54) is 12.1 Å². The van der Waals surface area contributed by atoms with Crippen LogP contribution in [0.3, 0.4) is 0 Å². The summed E-state index contributed by atoms with van der Waals surface area (Å²) in [6.45, 7) is 8.94. The zero-order valence-corrected chi connectivity index (χ0v) is 22.0. The number of hydrogen-bond acceptors (Lipinski definition) is 3. The van der Waals surface area contributed by atoms with E-state index in [1.807, 2.05) is 37.0 Å². The molecule has 36 heavy (non-hydrogen) atoms. The Hall–Kier alpha value is -3.32. The summed E-state index contributed by atoms with van der Waals surface area (Å²) in [5.41, 5.74) is 5.24. The van der Waals surface area contributed by atoms with Crippen molar-refractivity contribution in [3.05, 3.63) is 88.8 Å². The summed E-state index contributed by atoms with van der Waals surface area (Å²) < 4.78 is 15.6. The molecule has 3 heterocycles. The zero-order chi connectivity index (χ0) is 25.6. The first-order valence-electron chi connectivity index (χ1n) is 12.4. The molecule has 7 heteroatoms. The number of aromatic nitrogens is 2. The van der Waals surface area contributed by atoms with Gasteiger partial charge in [-0.05, 0) is 106 Å². The van der Waals surface area contributed by atoms with Gasteiger partial charge in [0.15, 0.2) is 5.11 Å². The summed E-state index contributed by atoms with van der Waals surface area (Å²) in [5, 5.41) is 0.554. The number of nitrogens with zero attached hydrogens (tertiary/aromatic N) is 4. The SMILES string of the molecule is Cc1cn(-c2ccc(/C=C3/C(=O)N(C(C)c4ccc(F)cc4)C(=S)N4CCCCC34C)cc2C)cn1. The molecule has 2 aliphatic heterocycles. The smallest absolute Gasteiger partial charge is 0.258 e. The van der Waals surface area contributed by atoms with Gasteiger partial charge in [0.05, 0.1) is 23.6 Å². The Morgan fingerprint density at radius 2 is 1.89 bits per heavy atom. The highest BCUT2D eigenvalue weighted by atomic mass is 32.1. The number of carbonyl (C=O) groups excluding carboxylic acids is 1. The largest absolute Gasteiger partial charge is 0.339 e. The number of piperidine rings is 1. The monoisotopic (exact) mass is 502 g/mol. The first kappa shape index (κ1) is 24.4. The fraction of sp³-hybridized carbons (Fsp3) is 0.345. The maximum atomic E-state index is 14.1. The molecule has 2 aromatic carbocycles. The predicted molar refractivity (Wildman–Crippen MR) is 144 cm³/mol. The number of carbonyl (C=O) groups is 1. The topological polar surface area (TPSA) is 41.4 Å². The van der Waals surface area contributed by atoms with Gasteiger partial charge in [-0.2, -0.15) is 0 Å². The zero-order valence-electron chi connectivity index (χ0n) is 21.2.